The van der Waals surface area contributed by atoms with Gasteiger partial charge in [-0.15, -0.1) is 13.2 Å². The van der Waals surface area contributed by atoms with Gasteiger partial charge in [0.1, 0.15) is 0 Å². The van der Waals surface area contributed by atoms with E-state index in [1.54, 1.807) is 24.8 Å². The van der Waals surface area contributed by atoms with E-state index in [1.165, 1.54) is 0 Å². The molecule has 0 saturated carbocycles. The minimum Gasteiger partial charge on any atom is -0.344 e. The van der Waals surface area contributed by atoms with Crippen LogP contribution in [-0.4, -0.2) is 9.97 Å². The Labute approximate surface area is 61.2 Å². The lowest BCUT2D eigenvalue weighted by Crippen LogP contribution is -1.66. The fraction of sp³-hybridized carbons (Fsp3) is 0. The van der Waals surface area contributed by atoms with Gasteiger partial charge in [-0.2, -0.15) is 0 Å². The van der Waals surface area contributed by atoms with Crippen molar-refractivity contribution < 1.29 is 0 Å². The van der Waals surface area contributed by atoms with E-state index in [2.05, 4.69) is 23.1 Å². The van der Waals surface area contributed by atoms with Gasteiger partial charge in [-0.1, -0.05) is 0 Å². The van der Waals surface area contributed by atoms with Crippen molar-refractivity contribution in [2.75, 3.05) is 0 Å². The molecular weight excluding hydrogens is 128 g/mol. The standard InChI is InChI=1S/C4H4N2.C2H4.2H3N/c1-2-6-4-3-5-1;1-2;;/h1-4H;1-2H2;2*1H3. The maximum absolute atomic E-state index is 3.72. The summed E-state index contributed by atoms with van der Waals surface area (Å²) in [5.41, 5.74) is 0. The van der Waals surface area contributed by atoms with Gasteiger partial charge in [0, 0.05) is 24.8 Å². The second-order valence-corrected chi connectivity index (χ2v) is 0.894. The zero-order valence-electron chi connectivity index (χ0n) is 6.03. The third-order valence-electron chi connectivity index (χ3n) is 0.478. The monoisotopic (exact) mass is 142 g/mol. The van der Waals surface area contributed by atoms with E-state index >= 15 is 0 Å². The zero-order chi connectivity index (χ0) is 6.24. The van der Waals surface area contributed by atoms with Crippen molar-refractivity contribution in [1.29, 1.82) is 0 Å². The van der Waals surface area contributed by atoms with Crippen molar-refractivity contribution in [3.8, 4) is 0 Å². The van der Waals surface area contributed by atoms with Crippen molar-refractivity contribution >= 4 is 0 Å². The molecule has 6 N–H and O–H groups in total. The summed E-state index contributed by atoms with van der Waals surface area (Å²) in [6.07, 6.45) is 6.56. The molecule has 1 heterocycles. The van der Waals surface area contributed by atoms with Crippen LogP contribution in [0, 0.1) is 0 Å². The zero-order valence-corrected chi connectivity index (χ0v) is 6.03. The van der Waals surface area contributed by atoms with Crippen LogP contribution < -0.4 is 12.3 Å². The molecule has 0 spiro atoms. The van der Waals surface area contributed by atoms with Crippen LogP contribution in [0.1, 0.15) is 0 Å². The summed E-state index contributed by atoms with van der Waals surface area (Å²) >= 11 is 0. The fourth-order valence-electron chi connectivity index (χ4n) is 0.253. The van der Waals surface area contributed by atoms with Crippen LogP contribution in [-0.2, 0) is 0 Å². The van der Waals surface area contributed by atoms with Crippen molar-refractivity contribution in [2.45, 2.75) is 0 Å². The summed E-state index contributed by atoms with van der Waals surface area (Å²) in [4.78, 5) is 7.44. The molecule has 1 rings (SSSR count). The van der Waals surface area contributed by atoms with Gasteiger partial charge in [0.2, 0.25) is 0 Å². The minimum absolute atomic E-state index is 0. The lowest BCUT2D eigenvalue weighted by molar-refractivity contribution is 1.20. The number of hydrogen-bond donors (Lipinski definition) is 2. The van der Waals surface area contributed by atoms with Gasteiger partial charge in [-0.05, 0) is 0 Å². The molecule has 0 atom stereocenters. The van der Waals surface area contributed by atoms with Crippen molar-refractivity contribution in [3.63, 3.8) is 0 Å². The smallest absolute Gasteiger partial charge is 0.0451 e. The van der Waals surface area contributed by atoms with Crippen LogP contribution in [0.15, 0.2) is 37.9 Å². The summed E-state index contributed by atoms with van der Waals surface area (Å²) in [6.45, 7) is 6.00. The first-order valence-corrected chi connectivity index (χ1v) is 2.20. The van der Waals surface area contributed by atoms with E-state index in [0.29, 0.717) is 0 Å². The van der Waals surface area contributed by atoms with Crippen LogP contribution in [0.5, 0.6) is 0 Å². The van der Waals surface area contributed by atoms with Crippen LogP contribution in [0.25, 0.3) is 0 Å². The number of nitrogens with zero attached hydrogens (tertiary/aromatic N) is 2. The summed E-state index contributed by atoms with van der Waals surface area (Å²) in [5, 5.41) is 0. The number of hydrogen-bond acceptors (Lipinski definition) is 4. The molecule has 0 radical (unpaired) electrons. The van der Waals surface area contributed by atoms with Crippen LogP contribution in [0.4, 0.5) is 0 Å². The first-order valence-electron chi connectivity index (χ1n) is 2.20. The molecule has 0 bridgehead atoms. The average Bonchev–Trinajstić information content (AvgIpc) is 1.96. The van der Waals surface area contributed by atoms with E-state index in [1.807, 2.05) is 0 Å². The highest BCUT2D eigenvalue weighted by Crippen LogP contribution is 1.65. The summed E-state index contributed by atoms with van der Waals surface area (Å²) in [5.74, 6) is 0. The maximum atomic E-state index is 3.72. The second-order valence-electron chi connectivity index (χ2n) is 0.894. The molecule has 1 aromatic heterocycles. The van der Waals surface area contributed by atoms with Gasteiger partial charge in [-0.25, -0.2) is 0 Å². The van der Waals surface area contributed by atoms with Crippen LogP contribution >= 0.6 is 0 Å². The summed E-state index contributed by atoms with van der Waals surface area (Å²) < 4.78 is 0. The molecule has 4 heteroatoms. The highest BCUT2D eigenvalue weighted by molar-refractivity contribution is 4.70. The van der Waals surface area contributed by atoms with Gasteiger partial charge in [0.25, 0.3) is 0 Å². The van der Waals surface area contributed by atoms with Gasteiger partial charge in [0.15, 0.2) is 0 Å². The van der Waals surface area contributed by atoms with Crippen LogP contribution in [0.3, 0.4) is 0 Å². The summed E-state index contributed by atoms with van der Waals surface area (Å²) in [7, 11) is 0. The predicted octanol–water partition coefficient (Wildman–Crippen LogP) is 1.60. The molecule has 10 heavy (non-hydrogen) atoms. The quantitative estimate of drug-likeness (QED) is 0.538. The van der Waals surface area contributed by atoms with E-state index in [4.69, 9.17) is 0 Å². The van der Waals surface area contributed by atoms with Crippen LogP contribution in [0.2, 0.25) is 0 Å². The molecular formula is C6H14N4. The Morgan fingerprint density at radius 1 is 0.700 bits per heavy atom. The van der Waals surface area contributed by atoms with Gasteiger partial charge >= 0.3 is 0 Å². The molecule has 0 aromatic carbocycles. The normalized spacial score (nSPS) is 5.20. The number of rotatable bonds is 0. The first kappa shape index (κ1) is 15.9. The first-order chi connectivity index (χ1) is 4.00. The van der Waals surface area contributed by atoms with E-state index in [9.17, 15) is 0 Å². The van der Waals surface area contributed by atoms with Gasteiger partial charge < -0.3 is 12.3 Å². The largest absolute Gasteiger partial charge is 0.344 e. The number of aromatic nitrogens is 2. The predicted molar refractivity (Wildman–Crippen MR) is 43.3 cm³/mol. The lowest BCUT2D eigenvalue weighted by Gasteiger charge is -1.70. The SMILES string of the molecule is C=C.N.N.c1cnccn1. The third kappa shape index (κ3) is 9.88. The second kappa shape index (κ2) is 15.6. The minimum atomic E-state index is 0. The molecule has 0 aliphatic carbocycles. The maximum Gasteiger partial charge on any atom is 0.0451 e. The van der Waals surface area contributed by atoms with Crippen molar-refractivity contribution in [1.82, 2.24) is 22.3 Å². The molecule has 1 aromatic rings. The molecule has 58 valence electrons. The molecule has 0 unspecified atom stereocenters. The Morgan fingerprint density at radius 2 is 0.900 bits per heavy atom. The van der Waals surface area contributed by atoms with Gasteiger partial charge in [-0.3, -0.25) is 9.97 Å². The summed E-state index contributed by atoms with van der Waals surface area (Å²) in [6, 6.07) is 0. The molecule has 0 aliphatic rings. The van der Waals surface area contributed by atoms with Crippen molar-refractivity contribution in [3.05, 3.63) is 37.9 Å². The topological polar surface area (TPSA) is 95.8 Å². The molecule has 4 nitrogen and oxygen atoms in total. The van der Waals surface area contributed by atoms with E-state index in [-0.39, 0.29) is 12.3 Å². The third-order valence-corrected chi connectivity index (χ3v) is 0.478. The lowest BCUT2D eigenvalue weighted by atomic mass is 10.8. The van der Waals surface area contributed by atoms with E-state index < -0.39 is 0 Å². The molecule has 0 saturated heterocycles. The Hall–Kier alpha value is -1.26. The molecule has 0 amide bonds. The van der Waals surface area contributed by atoms with Gasteiger partial charge in [0.05, 0.1) is 0 Å². The van der Waals surface area contributed by atoms with E-state index in [0.717, 1.165) is 0 Å². The van der Waals surface area contributed by atoms with Crippen molar-refractivity contribution in [2.24, 2.45) is 0 Å². The molecule has 0 fully saturated rings. The Balaban J connectivity index is -0.000000114. The highest BCUT2D eigenvalue weighted by Gasteiger charge is 1.59. The molecule has 0 aliphatic heterocycles. The average molecular weight is 142 g/mol. The Bertz CT molecular complexity index is 92.6. The Kier molecular flexibility index (Phi) is 24.9. The Morgan fingerprint density at radius 3 is 1.00 bits per heavy atom. The highest BCUT2D eigenvalue weighted by atomic mass is 14.7. The fourth-order valence-corrected chi connectivity index (χ4v) is 0.253.